The van der Waals surface area contributed by atoms with Gasteiger partial charge in [0, 0.05) is 18.8 Å². The molecule has 21 nitrogen and oxygen atoms in total. The van der Waals surface area contributed by atoms with E-state index in [0.717, 1.165) is 53.4 Å². The molecule has 2 aromatic carbocycles. The molecule has 0 N–H and O–H groups in total. The van der Waals surface area contributed by atoms with Gasteiger partial charge in [0.2, 0.25) is 11.3 Å². The molecule has 5 aliphatic carbocycles. The Hall–Kier alpha value is -5.33. The Morgan fingerprint density at radius 2 is 0.802 bits per heavy atom. The SMILES string of the molecule is CCC.CCC.CCCCC.CCCCCCCCC.CCCCCCCCC.CCN=C=O.CCOC=O.CCOOC(C)(C)C.CCOOCC12CC3CC(CC(C3)C1)C2.CCOOCC1CCCCC1.CCOOCc1ccccc1.CCOOc1ccccc1.O=C=O.O=C=O.O=C=O.O=C=S. The van der Waals surface area contributed by atoms with Crippen molar-refractivity contribution in [1.82, 2.24) is 0 Å². The lowest BCUT2D eigenvalue weighted by Gasteiger charge is -2.56. The van der Waals surface area contributed by atoms with Crippen LogP contribution in [-0.2, 0) is 98.5 Å². The highest BCUT2D eigenvalue weighted by Gasteiger charge is 2.51. The van der Waals surface area contributed by atoms with E-state index in [1.165, 1.54) is 199 Å². The molecule has 0 unspecified atom stereocenters. The Bertz CT molecular complexity index is 1970. The lowest BCUT2D eigenvalue weighted by atomic mass is 9.50. The first-order valence-corrected chi connectivity index (χ1v) is 40.1. The number of hydrogen-bond donors (Lipinski definition) is 0. The third-order valence-electron chi connectivity index (χ3n) is 14.3. The highest BCUT2D eigenvalue weighted by atomic mass is 32.1. The zero-order valence-corrected chi connectivity index (χ0v) is 71.3. The number of isocyanates is 1. The van der Waals surface area contributed by atoms with Crippen molar-refractivity contribution in [3.63, 3.8) is 0 Å². The fourth-order valence-corrected chi connectivity index (χ4v) is 10.5. The Morgan fingerprint density at radius 3 is 1.08 bits per heavy atom. The number of nitrogens with zero attached hydrogens (tertiary/aromatic N) is 1. The van der Waals surface area contributed by atoms with E-state index >= 15 is 0 Å². The molecule has 5 aliphatic rings. The van der Waals surface area contributed by atoms with Crippen LogP contribution in [0, 0.1) is 29.1 Å². The third-order valence-corrected chi connectivity index (χ3v) is 14.3. The summed E-state index contributed by atoms with van der Waals surface area (Å²) in [4.78, 5) is 128. The van der Waals surface area contributed by atoms with Crippen molar-refractivity contribution in [1.29, 1.82) is 0 Å². The third kappa shape index (κ3) is 120. The maximum atomic E-state index is 9.18. The summed E-state index contributed by atoms with van der Waals surface area (Å²) in [6.07, 6.45) is 44.2. The smallest absolute Gasteiger partial charge is 0.373 e. The van der Waals surface area contributed by atoms with Gasteiger partial charge in [0.05, 0.1) is 58.5 Å². The number of para-hydroxylation sites is 1. The quantitative estimate of drug-likeness (QED) is 0.0120. The number of hydrogen-bond acceptors (Lipinski definition) is 22. The molecule has 0 aromatic heterocycles. The van der Waals surface area contributed by atoms with Gasteiger partial charge in [0.1, 0.15) is 6.61 Å². The molecular formula is C84H155NO20S. The first-order chi connectivity index (χ1) is 51.2. The fourth-order valence-electron chi connectivity index (χ4n) is 10.5. The van der Waals surface area contributed by atoms with Crippen LogP contribution in [0.3, 0.4) is 0 Å². The van der Waals surface area contributed by atoms with Gasteiger partial charge in [-0.1, -0.05) is 259 Å². The van der Waals surface area contributed by atoms with Crippen LogP contribution in [0.4, 0.5) is 0 Å². The summed E-state index contributed by atoms with van der Waals surface area (Å²) in [5, 5.41) is 1.08. The number of benzene rings is 2. The normalized spacial score (nSPS) is 15.0. The molecule has 0 radical (unpaired) electrons. The summed E-state index contributed by atoms with van der Waals surface area (Å²) in [5.74, 6) is 4.55. The molecule has 22 heteroatoms. The fraction of sp³-hybridized carbons (Fsp3) is 0.786. The van der Waals surface area contributed by atoms with E-state index in [4.69, 9.17) is 87.2 Å². The summed E-state index contributed by atoms with van der Waals surface area (Å²) in [6.45, 7) is 47.7. The van der Waals surface area contributed by atoms with Crippen LogP contribution in [0.25, 0.3) is 0 Å². The zero-order valence-electron chi connectivity index (χ0n) is 70.5. The molecule has 106 heavy (non-hydrogen) atoms. The van der Waals surface area contributed by atoms with Gasteiger partial charge in [-0.05, 0) is 167 Å². The van der Waals surface area contributed by atoms with Gasteiger partial charge in [0.25, 0.3) is 6.47 Å². The van der Waals surface area contributed by atoms with E-state index in [9.17, 15) is 4.79 Å². The molecule has 5 saturated carbocycles. The van der Waals surface area contributed by atoms with Crippen molar-refractivity contribution in [3.8, 4) is 5.75 Å². The highest BCUT2D eigenvalue weighted by molar-refractivity contribution is 7.78. The van der Waals surface area contributed by atoms with E-state index in [2.05, 4.69) is 91.2 Å². The van der Waals surface area contributed by atoms with Crippen LogP contribution in [-0.4, -0.2) is 101 Å². The van der Waals surface area contributed by atoms with E-state index in [1.807, 2.05) is 116 Å². The average molecular weight is 1530 g/mol. The molecule has 0 saturated heterocycles. The van der Waals surface area contributed by atoms with Crippen LogP contribution in [0.15, 0.2) is 65.7 Å². The summed E-state index contributed by atoms with van der Waals surface area (Å²) in [6, 6.07) is 19.3. The molecule has 0 heterocycles. The minimum atomic E-state index is -0.171. The number of thiocarbonyl (C=S) groups is 1. The van der Waals surface area contributed by atoms with Crippen molar-refractivity contribution in [2.45, 2.75) is 343 Å². The van der Waals surface area contributed by atoms with Gasteiger partial charge in [-0.25, -0.2) is 53.7 Å². The lowest BCUT2D eigenvalue weighted by Crippen LogP contribution is -2.48. The van der Waals surface area contributed by atoms with Crippen LogP contribution in [0.5, 0.6) is 5.75 Å². The summed E-state index contributed by atoms with van der Waals surface area (Å²) in [5.41, 5.74) is 1.46. The van der Waals surface area contributed by atoms with Crippen LogP contribution in [0.1, 0.15) is 337 Å². The molecule has 5 fully saturated rings. The summed E-state index contributed by atoms with van der Waals surface area (Å²) in [7, 11) is 0. The van der Waals surface area contributed by atoms with Crippen molar-refractivity contribution >= 4 is 48.5 Å². The van der Waals surface area contributed by atoms with E-state index < -0.39 is 0 Å². The summed E-state index contributed by atoms with van der Waals surface area (Å²) >= 11 is 3.59. The van der Waals surface area contributed by atoms with E-state index in [-0.39, 0.29) is 24.1 Å². The molecule has 0 atom stereocenters. The molecule has 0 aliphatic heterocycles. The maximum absolute atomic E-state index is 9.18. The monoisotopic (exact) mass is 1530 g/mol. The lowest BCUT2D eigenvalue weighted by molar-refractivity contribution is -0.345. The molecular weight excluding hydrogens is 1370 g/mol. The predicted octanol–water partition coefficient (Wildman–Crippen LogP) is 23.2. The first-order valence-electron chi connectivity index (χ1n) is 39.7. The van der Waals surface area contributed by atoms with Gasteiger partial charge in [-0.15, -0.1) is 0 Å². The number of carbonyl (C=O) groups excluding carboxylic acids is 9. The highest BCUT2D eigenvalue weighted by Crippen LogP contribution is 2.60. The Morgan fingerprint density at radius 1 is 0.453 bits per heavy atom. The van der Waals surface area contributed by atoms with E-state index in [1.54, 1.807) is 13.8 Å². The second kappa shape index (κ2) is 113. The molecule has 622 valence electrons. The largest absolute Gasteiger partial charge is 0.468 e. The first kappa shape index (κ1) is 122. The van der Waals surface area contributed by atoms with Gasteiger partial charge < -0.3 is 9.62 Å². The predicted molar refractivity (Wildman–Crippen MR) is 425 cm³/mol. The Balaban J connectivity index is -0.000000119. The molecule has 0 spiro atoms. The second-order valence-corrected chi connectivity index (χ2v) is 25.8. The van der Waals surface area contributed by atoms with Crippen LogP contribution < -0.4 is 4.89 Å². The Labute approximate surface area is 650 Å². The molecule has 4 bridgehead atoms. The molecule has 0 amide bonds. The number of aliphatic imine (C=N–C) groups is 1. The minimum absolute atomic E-state index is 0.171. The van der Waals surface area contributed by atoms with Gasteiger partial charge in [-0.2, -0.15) is 33.7 Å². The number of ether oxygens (including phenoxy) is 1. The van der Waals surface area contributed by atoms with Crippen molar-refractivity contribution in [2.75, 3.05) is 59.4 Å². The number of rotatable bonds is 34. The van der Waals surface area contributed by atoms with Crippen molar-refractivity contribution in [2.24, 2.45) is 34.1 Å². The number of carbonyl (C=O) groups is 1. The molecule has 7 rings (SSSR count). The zero-order chi connectivity index (χ0) is 82.5. The topological polar surface area (TPSA) is 268 Å². The van der Waals surface area contributed by atoms with Crippen LogP contribution >= 0.6 is 12.2 Å². The van der Waals surface area contributed by atoms with Gasteiger partial charge >= 0.3 is 18.5 Å². The Kier molecular flexibility index (Phi) is 130. The number of unbranched alkanes of at least 4 members (excludes halogenated alkanes) is 14. The minimum Gasteiger partial charge on any atom is -0.468 e. The van der Waals surface area contributed by atoms with Gasteiger partial charge in [0.15, 0.2) is 5.75 Å². The second-order valence-electron chi connectivity index (χ2n) is 25.6. The standard InChI is InChI=1S/C13H22O2.C9H18O2.C9H12O2.2C9H20.C8H10O2.C6H14O2.C5H12.C3H5NO.C3H6O2.2C3H8.3CO2.COS/c1-2-14-15-9-13-6-10-3-11(7-13)5-12(4-10)8-13;2*1-2-10-11-8-9-6-4-3-5-7-9;2*1-3-5-7-9-8-6-4-2;1-2-9-10-8-6-4-3-5-7-8;1-5-7-8-6(2,3)4;1-3-5-4-2;1-2-4-3-5;1-2-5-3-4;2*1-3-2;4*2-1-3/h10-12H,2-9H2,1H3;9H,2-8H2,1H3;3-7H,2,8H2,1H3;2*3-9H2,1-2H3;3-7H,2H2,1H3;5H2,1-4H3;3-5H2,1-2H3;2H2,1H3;3H,2H2,1H3;2*3H2,1-2H3;;;;. The van der Waals surface area contributed by atoms with Crippen molar-refractivity contribution in [3.05, 3.63) is 66.2 Å². The van der Waals surface area contributed by atoms with E-state index in [0.29, 0.717) is 64.7 Å². The van der Waals surface area contributed by atoms with Crippen molar-refractivity contribution < 1.29 is 96.8 Å². The summed E-state index contributed by atoms with van der Waals surface area (Å²) < 4.78 is 4.15. The average Bonchev–Trinajstić information content (AvgIpc) is 0.756. The maximum Gasteiger partial charge on any atom is 0.373 e. The molecule has 2 aromatic rings. The van der Waals surface area contributed by atoms with Gasteiger partial charge in [-0.3, -0.25) is 4.79 Å². The van der Waals surface area contributed by atoms with Crippen LogP contribution in [0.2, 0.25) is 0 Å².